The van der Waals surface area contributed by atoms with E-state index in [1.54, 1.807) is 6.07 Å². The molecule has 1 amide bonds. The molecule has 0 saturated heterocycles. The van der Waals surface area contributed by atoms with E-state index in [0.29, 0.717) is 5.56 Å². The van der Waals surface area contributed by atoms with Gasteiger partial charge in [0.15, 0.2) is 0 Å². The molecule has 1 heterocycles. The maximum absolute atomic E-state index is 12.6. The molecular weight excluding hydrogens is 298 g/mol. The third-order valence-electron chi connectivity index (χ3n) is 4.29. The van der Waals surface area contributed by atoms with Crippen LogP contribution < -0.4 is 5.32 Å². The Kier molecular flexibility index (Phi) is 3.54. The van der Waals surface area contributed by atoms with Crippen molar-refractivity contribution in [1.82, 2.24) is 5.32 Å². The lowest BCUT2D eigenvalue weighted by atomic mass is 10.1. The molecule has 118 valence electrons. The van der Waals surface area contributed by atoms with E-state index in [9.17, 15) is 4.79 Å². The summed E-state index contributed by atoms with van der Waals surface area (Å²) in [7, 11) is 0. The van der Waals surface area contributed by atoms with E-state index >= 15 is 0 Å². The van der Waals surface area contributed by atoms with Crippen molar-refractivity contribution in [3.8, 4) is 0 Å². The van der Waals surface area contributed by atoms with Gasteiger partial charge in [0.25, 0.3) is 5.91 Å². The fourth-order valence-corrected chi connectivity index (χ4v) is 2.97. The molecule has 0 aliphatic carbocycles. The lowest BCUT2D eigenvalue weighted by Crippen LogP contribution is -2.26. The van der Waals surface area contributed by atoms with Crippen molar-refractivity contribution in [3.05, 3.63) is 83.9 Å². The number of hydrogen-bond acceptors (Lipinski definition) is 2. The molecule has 0 saturated carbocycles. The molecule has 3 heteroatoms. The highest BCUT2D eigenvalue weighted by Gasteiger charge is 2.13. The fourth-order valence-electron chi connectivity index (χ4n) is 2.97. The van der Waals surface area contributed by atoms with Crippen molar-refractivity contribution in [2.45, 2.75) is 13.0 Å². The molecule has 0 fully saturated rings. The Morgan fingerprint density at radius 2 is 1.58 bits per heavy atom. The highest BCUT2D eigenvalue weighted by atomic mass is 16.3. The van der Waals surface area contributed by atoms with Crippen LogP contribution in [0.5, 0.6) is 0 Å². The van der Waals surface area contributed by atoms with Crippen molar-refractivity contribution in [3.63, 3.8) is 0 Å². The lowest BCUT2D eigenvalue weighted by molar-refractivity contribution is 0.0940. The smallest absolute Gasteiger partial charge is 0.251 e. The summed E-state index contributed by atoms with van der Waals surface area (Å²) in [5.41, 5.74) is 3.35. The van der Waals surface area contributed by atoms with Crippen molar-refractivity contribution < 1.29 is 9.21 Å². The Bertz CT molecular complexity index is 1020. The lowest BCUT2D eigenvalue weighted by Gasteiger charge is -2.14. The first kappa shape index (κ1) is 14.5. The minimum atomic E-state index is -0.0847. The van der Waals surface area contributed by atoms with Gasteiger partial charge in [0.1, 0.15) is 11.2 Å². The topological polar surface area (TPSA) is 42.2 Å². The Morgan fingerprint density at radius 3 is 2.42 bits per heavy atom. The Balaban J connectivity index is 1.66. The van der Waals surface area contributed by atoms with Crippen molar-refractivity contribution in [1.29, 1.82) is 0 Å². The summed E-state index contributed by atoms with van der Waals surface area (Å²) in [6.07, 6.45) is 0. The van der Waals surface area contributed by atoms with Gasteiger partial charge in [0, 0.05) is 16.3 Å². The number of benzene rings is 3. The largest absolute Gasteiger partial charge is 0.456 e. The van der Waals surface area contributed by atoms with Gasteiger partial charge in [-0.2, -0.15) is 0 Å². The van der Waals surface area contributed by atoms with Crippen LogP contribution in [0.3, 0.4) is 0 Å². The Morgan fingerprint density at radius 1 is 0.875 bits per heavy atom. The summed E-state index contributed by atoms with van der Waals surface area (Å²) in [6, 6.07) is 23.3. The van der Waals surface area contributed by atoms with Crippen LogP contribution in [0.25, 0.3) is 21.9 Å². The molecule has 1 unspecified atom stereocenters. The molecule has 1 N–H and O–H groups in total. The maximum atomic E-state index is 12.6. The van der Waals surface area contributed by atoms with Crippen LogP contribution in [-0.2, 0) is 0 Å². The normalized spacial score (nSPS) is 12.4. The number of fused-ring (bicyclic) bond motifs is 3. The molecule has 0 aliphatic rings. The van der Waals surface area contributed by atoms with Crippen LogP contribution >= 0.6 is 0 Å². The minimum Gasteiger partial charge on any atom is -0.456 e. The van der Waals surface area contributed by atoms with Gasteiger partial charge in [0.2, 0.25) is 0 Å². The predicted molar refractivity (Wildman–Crippen MR) is 96.0 cm³/mol. The number of rotatable bonds is 3. The number of carbonyl (C=O) groups excluding carboxylic acids is 1. The van der Waals surface area contributed by atoms with Gasteiger partial charge >= 0.3 is 0 Å². The average Bonchev–Trinajstić information content (AvgIpc) is 3.00. The first-order valence-electron chi connectivity index (χ1n) is 7.99. The van der Waals surface area contributed by atoms with Crippen LogP contribution in [-0.4, -0.2) is 5.91 Å². The SMILES string of the molecule is CC(NC(=O)c1ccc2oc3ccccc3c2c1)c1ccccc1. The highest BCUT2D eigenvalue weighted by Crippen LogP contribution is 2.29. The molecule has 0 spiro atoms. The third-order valence-corrected chi connectivity index (χ3v) is 4.29. The number of carbonyl (C=O) groups is 1. The second-order valence-corrected chi connectivity index (χ2v) is 5.91. The van der Waals surface area contributed by atoms with E-state index in [2.05, 4.69) is 5.32 Å². The van der Waals surface area contributed by atoms with Gasteiger partial charge in [-0.3, -0.25) is 4.79 Å². The van der Waals surface area contributed by atoms with E-state index in [0.717, 1.165) is 27.5 Å². The third kappa shape index (κ3) is 2.54. The summed E-state index contributed by atoms with van der Waals surface area (Å²) in [4.78, 5) is 12.6. The quantitative estimate of drug-likeness (QED) is 0.573. The van der Waals surface area contributed by atoms with Gasteiger partial charge in [-0.05, 0) is 36.8 Å². The molecule has 4 rings (SSSR count). The standard InChI is InChI=1S/C21H17NO2/c1-14(15-7-3-2-4-8-15)22-21(23)16-11-12-20-18(13-16)17-9-5-6-10-19(17)24-20/h2-14H,1H3,(H,22,23). The second-order valence-electron chi connectivity index (χ2n) is 5.91. The van der Waals surface area contributed by atoms with E-state index in [1.807, 2.05) is 73.7 Å². The Labute approximate surface area is 139 Å². The van der Waals surface area contributed by atoms with Crippen LogP contribution in [0.4, 0.5) is 0 Å². The minimum absolute atomic E-state index is 0.0458. The number of amides is 1. The molecule has 3 nitrogen and oxygen atoms in total. The van der Waals surface area contributed by atoms with Crippen molar-refractivity contribution in [2.24, 2.45) is 0 Å². The molecule has 1 aromatic heterocycles. The van der Waals surface area contributed by atoms with Crippen LogP contribution in [0.1, 0.15) is 28.9 Å². The van der Waals surface area contributed by atoms with Crippen LogP contribution in [0.2, 0.25) is 0 Å². The van der Waals surface area contributed by atoms with Crippen molar-refractivity contribution >= 4 is 27.8 Å². The van der Waals surface area contributed by atoms with Gasteiger partial charge < -0.3 is 9.73 Å². The molecule has 4 aromatic rings. The highest BCUT2D eigenvalue weighted by molar-refractivity contribution is 6.08. The summed E-state index contributed by atoms with van der Waals surface area (Å²) in [5.74, 6) is -0.0847. The van der Waals surface area contributed by atoms with Crippen LogP contribution in [0.15, 0.2) is 77.2 Å². The summed E-state index contributed by atoms with van der Waals surface area (Å²) in [6.45, 7) is 1.99. The maximum Gasteiger partial charge on any atom is 0.251 e. The zero-order valence-electron chi connectivity index (χ0n) is 13.3. The second kappa shape index (κ2) is 5.85. The van der Waals surface area contributed by atoms with E-state index < -0.39 is 0 Å². The molecule has 24 heavy (non-hydrogen) atoms. The summed E-state index contributed by atoms with van der Waals surface area (Å²) in [5, 5.41) is 5.04. The van der Waals surface area contributed by atoms with E-state index in [-0.39, 0.29) is 11.9 Å². The number of nitrogens with one attached hydrogen (secondary N) is 1. The zero-order chi connectivity index (χ0) is 16.5. The first-order chi connectivity index (χ1) is 11.7. The number of hydrogen-bond donors (Lipinski definition) is 1. The monoisotopic (exact) mass is 315 g/mol. The van der Waals surface area contributed by atoms with Crippen molar-refractivity contribution in [2.75, 3.05) is 0 Å². The predicted octanol–water partition coefficient (Wildman–Crippen LogP) is 5.08. The van der Waals surface area contributed by atoms with Gasteiger partial charge in [-0.25, -0.2) is 0 Å². The Hall–Kier alpha value is -3.07. The molecular formula is C21H17NO2. The fraction of sp³-hybridized carbons (Fsp3) is 0.0952. The molecule has 3 aromatic carbocycles. The number of para-hydroxylation sites is 1. The van der Waals surface area contributed by atoms with Gasteiger partial charge in [-0.15, -0.1) is 0 Å². The van der Waals surface area contributed by atoms with Gasteiger partial charge in [-0.1, -0.05) is 48.5 Å². The van der Waals surface area contributed by atoms with Crippen LogP contribution in [0, 0.1) is 0 Å². The van der Waals surface area contributed by atoms with E-state index in [4.69, 9.17) is 4.42 Å². The zero-order valence-corrected chi connectivity index (χ0v) is 13.3. The van der Waals surface area contributed by atoms with E-state index in [1.165, 1.54) is 0 Å². The average molecular weight is 315 g/mol. The molecule has 0 radical (unpaired) electrons. The molecule has 1 atom stereocenters. The first-order valence-corrected chi connectivity index (χ1v) is 7.99. The summed E-state index contributed by atoms with van der Waals surface area (Å²) < 4.78 is 5.81. The number of furan rings is 1. The molecule has 0 aliphatic heterocycles. The molecule has 0 bridgehead atoms. The van der Waals surface area contributed by atoms with Gasteiger partial charge in [0.05, 0.1) is 6.04 Å². The summed E-state index contributed by atoms with van der Waals surface area (Å²) >= 11 is 0.